The predicted octanol–water partition coefficient (Wildman–Crippen LogP) is 2.57. The van der Waals surface area contributed by atoms with E-state index in [-0.39, 0.29) is 36.2 Å². The Morgan fingerprint density at radius 2 is 2.00 bits per heavy atom. The number of guanidine groups is 1. The minimum absolute atomic E-state index is 0. The Hall–Kier alpha value is -0.870. The molecule has 0 radical (unpaired) electrons. The Morgan fingerprint density at radius 1 is 1.19 bits per heavy atom. The standard InChI is InChI=1S/C19H31N5O2.HI/c1-20-19(23-10-12-26-18(14-23)17-7-4-11-25-17)21-13-15-8-9-24(22-15)16-5-2-3-6-16;/h8-9,16-18H,2-7,10-14H2,1H3,(H,20,21);1H. The first-order valence-corrected chi connectivity index (χ1v) is 10.1. The first kappa shape index (κ1) is 20.9. The summed E-state index contributed by atoms with van der Waals surface area (Å²) in [6.45, 7) is 3.98. The summed E-state index contributed by atoms with van der Waals surface area (Å²) in [5.74, 6) is 0.923. The van der Waals surface area contributed by atoms with Crippen molar-refractivity contribution in [2.24, 2.45) is 4.99 Å². The van der Waals surface area contributed by atoms with Gasteiger partial charge in [0, 0.05) is 32.9 Å². The zero-order valence-electron chi connectivity index (χ0n) is 16.2. The molecular formula is C19H32IN5O2. The number of ether oxygens (including phenoxy) is 2. The summed E-state index contributed by atoms with van der Waals surface area (Å²) in [6, 6.07) is 2.71. The normalized spacial score (nSPS) is 27.0. The Bertz CT molecular complexity index is 611. The van der Waals surface area contributed by atoms with Crippen molar-refractivity contribution < 1.29 is 9.47 Å². The summed E-state index contributed by atoms with van der Waals surface area (Å²) in [5.41, 5.74) is 1.07. The summed E-state index contributed by atoms with van der Waals surface area (Å²) in [4.78, 5) is 6.75. The topological polar surface area (TPSA) is 63.9 Å². The third-order valence-corrected chi connectivity index (χ3v) is 5.77. The molecule has 0 aromatic carbocycles. The molecule has 1 aromatic heterocycles. The molecule has 3 aliphatic rings. The number of rotatable bonds is 4. The van der Waals surface area contributed by atoms with Crippen molar-refractivity contribution in [3.63, 3.8) is 0 Å². The zero-order chi connectivity index (χ0) is 17.8. The molecule has 4 rings (SSSR count). The van der Waals surface area contributed by atoms with Crippen molar-refractivity contribution in [1.82, 2.24) is 20.0 Å². The molecule has 1 saturated carbocycles. The average Bonchev–Trinajstić information content (AvgIpc) is 3.43. The lowest BCUT2D eigenvalue weighted by atomic mass is 10.1. The molecule has 152 valence electrons. The van der Waals surface area contributed by atoms with E-state index in [1.807, 2.05) is 7.05 Å². The van der Waals surface area contributed by atoms with Gasteiger partial charge in [0.25, 0.3) is 0 Å². The zero-order valence-corrected chi connectivity index (χ0v) is 18.5. The summed E-state index contributed by atoms with van der Waals surface area (Å²) in [6.07, 6.45) is 9.91. The fourth-order valence-corrected chi connectivity index (χ4v) is 4.33. The van der Waals surface area contributed by atoms with E-state index in [0.29, 0.717) is 12.6 Å². The Balaban J connectivity index is 0.00000210. The van der Waals surface area contributed by atoms with Crippen LogP contribution in [0.25, 0.3) is 0 Å². The first-order chi connectivity index (χ1) is 12.8. The number of halogens is 1. The minimum atomic E-state index is 0. The van der Waals surface area contributed by atoms with Crippen LogP contribution in [0.5, 0.6) is 0 Å². The van der Waals surface area contributed by atoms with E-state index < -0.39 is 0 Å². The lowest BCUT2D eigenvalue weighted by Gasteiger charge is -2.37. The molecule has 27 heavy (non-hydrogen) atoms. The van der Waals surface area contributed by atoms with Crippen LogP contribution in [0.1, 0.15) is 50.3 Å². The predicted molar refractivity (Wildman–Crippen MR) is 116 cm³/mol. The van der Waals surface area contributed by atoms with Crippen molar-refractivity contribution >= 4 is 29.9 Å². The summed E-state index contributed by atoms with van der Waals surface area (Å²) in [7, 11) is 1.84. The second-order valence-corrected chi connectivity index (χ2v) is 7.53. The highest BCUT2D eigenvalue weighted by Crippen LogP contribution is 2.28. The molecule has 1 aromatic rings. The maximum Gasteiger partial charge on any atom is 0.194 e. The molecule has 0 spiro atoms. The number of aliphatic imine (C=N–C) groups is 1. The van der Waals surface area contributed by atoms with Crippen LogP contribution in [0, 0.1) is 0 Å². The minimum Gasteiger partial charge on any atom is -0.375 e. The van der Waals surface area contributed by atoms with Crippen LogP contribution in [0.15, 0.2) is 17.3 Å². The molecule has 2 atom stereocenters. The number of nitrogens with one attached hydrogen (secondary N) is 1. The van der Waals surface area contributed by atoms with E-state index in [0.717, 1.165) is 50.8 Å². The average molecular weight is 489 g/mol. The fraction of sp³-hybridized carbons (Fsp3) is 0.789. The highest BCUT2D eigenvalue weighted by atomic mass is 127. The molecule has 0 bridgehead atoms. The third-order valence-electron chi connectivity index (χ3n) is 5.77. The van der Waals surface area contributed by atoms with Gasteiger partial charge in [-0.25, -0.2) is 0 Å². The second-order valence-electron chi connectivity index (χ2n) is 7.53. The molecule has 0 amide bonds. The smallest absolute Gasteiger partial charge is 0.194 e. The van der Waals surface area contributed by atoms with Gasteiger partial charge >= 0.3 is 0 Å². The molecule has 3 heterocycles. The van der Waals surface area contributed by atoms with Crippen LogP contribution >= 0.6 is 24.0 Å². The van der Waals surface area contributed by atoms with Crippen LogP contribution in [0.3, 0.4) is 0 Å². The van der Waals surface area contributed by atoms with E-state index >= 15 is 0 Å². The SMILES string of the molecule is CN=C(NCc1ccn(C2CCCC2)n1)N1CCOC(C2CCCO2)C1.I. The van der Waals surface area contributed by atoms with Crippen LogP contribution < -0.4 is 5.32 Å². The molecule has 1 N–H and O–H groups in total. The summed E-state index contributed by atoms with van der Waals surface area (Å²) in [5, 5.41) is 8.23. The number of morpholine rings is 1. The van der Waals surface area contributed by atoms with Crippen molar-refractivity contribution in [1.29, 1.82) is 0 Å². The van der Waals surface area contributed by atoms with Crippen molar-refractivity contribution in [3.05, 3.63) is 18.0 Å². The molecule has 2 aliphatic heterocycles. The van der Waals surface area contributed by atoms with Gasteiger partial charge < -0.3 is 19.7 Å². The van der Waals surface area contributed by atoms with Crippen LogP contribution in [-0.2, 0) is 16.0 Å². The van der Waals surface area contributed by atoms with Crippen LogP contribution in [-0.4, -0.2) is 66.2 Å². The largest absolute Gasteiger partial charge is 0.375 e. The molecule has 2 unspecified atom stereocenters. The number of hydrogen-bond donors (Lipinski definition) is 1. The fourth-order valence-electron chi connectivity index (χ4n) is 4.33. The van der Waals surface area contributed by atoms with E-state index in [1.54, 1.807) is 0 Å². The van der Waals surface area contributed by atoms with Gasteiger partial charge in [-0.1, -0.05) is 12.8 Å². The van der Waals surface area contributed by atoms with E-state index in [1.165, 1.54) is 25.7 Å². The molecule has 2 saturated heterocycles. The summed E-state index contributed by atoms with van der Waals surface area (Å²) < 4.78 is 13.9. The van der Waals surface area contributed by atoms with Gasteiger partial charge in [0.05, 0.1) is 31.0 Å². The van der Waals surface area contributed by atoms with Crippen molar-refractivity contribution in [3.8, 4) is 0 Å². The maximum absolute atomic E-state index is 5.94. The number of hydrogen-bond acceptors (Lipinski definition) is 4. The second kappa shape index (κ2) is 10.1. The van der Waals surface area contributed by atoms with Gasteiger partial charge in [-0.3, -0.25) is 9.67 Å². The van der Waals surface area contributed by atoms with Gasteiger partial charge in [-0.2, -0.15) is 5.10 Å². The van der Waals surface area contributed by atoms with E-state index in [2.05, 4.69) is 32.2 Å². The highest BCUT2D eigenvalue weighted by molar-refractivity contribution is 14.0. The lowest BCUT2D eigenvalue weighted by molar-refractivity contribution is -0.0817. The maximum atomic E-state index is 5.94. The third kappa shape index (κ3) is 5.14. The Labute approximate surface area is 178 Å². The van der Waals surface area contributed by atoms with Crippen molar-refractivity contribution in [2.75, 3.05) is 33.4 Å². The number of aromatic nitrogens is 2. The quantitative estimate of drug-likeness (QED) is 0.400. The monoisotopic (exact) mass is 489 g/mol. The lowest BCUT2D eigenvalue weighted by Crippen LogP contribution is -2.53. The Kier molecular flexibility index (Phi) is 7.77. The molecule has 1 aliphatic carbocycles. The summed E-state index contributed by atoms with van der Waals surface area (Å²) >= 11 is 0. The van der Waals surface area contributed by atoms with E-state index in [9.17, 15) is 0 Å². The van der Waals surface area contributed by atoms with Crippen LogP contribution in [0.4, 0.5) is 0 Å². The highest BCUT2D eigenvalue weighted by Gasteiger charge is 2.32. The van der Waals surface area contributed by atoms with Crippen LogP contribution in [0.2, 0.25) is 0 Å². The molecule has 7 nitrogen and oxygen atoms in total. The molecule has 8 heteroatoms. The van der Waals surface area contributed by atoms with Gasteiger partial charge in [-0.05, 0) is 31.7 Å². The van der Waals surface area contributed by atoms with Gasteiger partial charge in [0.2, 0.25) is 0 Å². The first-order valence-electron chi connectivity index (χ1n) is 10.1. The van der Waals surface area contributed by atoms with Gasteiger partial charge in [0.15, 0.2) is 5.96 Å². The molecular weight excluding hydrogens is 457 g/mol. The number of nitrogens with zero attached hydrogens (tertiary/aromatic N) is 4. The molecule has 3 fully saturated rings. The van der Waals surface area contributed by atoms with Gasteiger partial charge in [-0.15, -0.1) is 24.0 Å². The van der Waals surface area contributed by atoms with E-state index in [4.69, 9.17) is 14.6 Å². The van der Waals surface area contributed by atoms with Gasteiger partial charge in [0.1, 0.15) is 6.10 Å². The van der Waals surface area contributed by atoms with Crippen molar-refractivity contribution in [2.45, 2.75) is 63.3 Å². The Morgan fingerprint density at radius 3 is 2.74 bits per heavy atom.